The molecular formula is C9H13N3O2. The van der Waals surface area contributed by atoms with Crippen LogP contribution in [0.2, 0.25) is 0 Å². The summed E-state index contributed by atoms with van der Waals surface area (Å²) < 4.78 is 1.47. The fourth-order valence-corrected chi connectivity index (χ4v) is 1.22. The Morgan fingerprint density at radius 2 is 1.79 bits per heavy atom. The number of aromatic nitrogens is 3. The zero-order valence-electron chi connectivity index (χ0n) is 8.74. The van der Waals surface area contributed by atoms with Crippen LogP contribution in [0.15, 0.2) is 0 Å². The van der Waals surface area contributed by atoms with Crippen LogP contribution in [0.3, 0.4) is 0 Å². The smallest absolute Gasteiger partial charge is 0.182 e. The van der Waals surface area contributed by atoms with Crippen LogP contribution >= 0.6 is 0 Å². The van der Waals surface area contributed by atoms with Crippen LogP contribution in [-0.4, -0.2) is 26.6 Å². The zero-order chi connectivity index (χ0) is 10.9. The van der Waals surface area contributed by atoms with Gasteiger partial charge in [0.25, 0.3) is 0 Å². The van der Waals surface area contributed by atoms with Gasteiger partial charge in [-0.1, -0.05) is 5.21 Å². The monoisotopic (exact) mass is 195 g/mol. The van der Waals surface area contributed by atoms with Gasteiger partial charge >= 0.3 is 0 Å². The van der Waals surface area contributed by atoms with Crippen LogP contribution in [0.25, 0.3) is 0 Å². The topological polar surface area (TPSA) is 64.8 Å². The van der Waals surface area contributed by atoms with Gasteiger partial charge < -0.3 is 0 Å². The molecule has 0 saturated heterocycles. The maximum absolute atomic E-state index is 11.3. The molecule has 0 spiro atoms. The van der Waals surface area contributed by atoms with Gasteiger partial charge in [-0.05, 0) is 13.8 Å². The van der Waals surface area contributed by atoms with Crippen molar-refractivity contribution in [2.24, 2.45) is 0 Å². The first-order chi connectivity index (χ1) is 6.45. The molecule has 0 aliphatic carbocycles. The van der Waals surface area contributed by atoms with E-state index in [1.54, 1.807) is 0 Å². The summed E-state index contributed by atoms with van der Waals surface area (Å²) in [5.74, 6) is -0.420. The Morgan fingerprint density at radius 3 is 2.14 bits per heavy atom. The number of ketones is 2. The van der Waals surface area contributed by atoms with E-state index in [2.05, 4.69) is 10.3 Å². The molecule has 0 saturated carbocycles. The Morgan fingerprint density at radius 1 is 1.21 bits per heavy atom. The van der Waals surface area contributed by atoms with Crippen molar-refractivity contribution in [2.75, 3.05) is 0 Å². The second-order valence-electron chi connectivity index (χ2n) is 3.44. The Kier molecular flexibility index (Phi) is 2.78. The van der Waals surface area contributed by atoms with Crippen molar-refractivity contribution in [3.05, 3.63) is 11.4 Å². The Balaban J connectivity index is 3.35. The summed E-state index contributed by atoms with van der Waals surface area (Å²) >= 11 is 0. The van der Waals surface area contributed by atoms with Crippen LogP contribution in [0.4, 0.5) is 0 Å². The number of carbonyl (C=O) groups is 2. The molecule has 1 aromatic rings. The molecule has 0 atom stereocenters. The lowest BCUT2D eigenvalue weighted by atomic mass is 10.2. The third kappa shape index (κ3) is 1.71. The van der Waals surface area contributed by atoms with Gasteiger partial charge in [0.1, 0.15) is 5.69 Å². The van der Waals surface area contributed by atoms with Gasteiger partial charge in [-0.2, -0.15) is 0 Å². The van der Waals surface area contributed by atoms with Gasteiger partial charge in [0.05, 0.1) is 0 Å². The number of carbonyl (C=O) groups excluding carboxylic acids is 2. The first kappa shape index (κ1) is 10.6. The first-order valence-electron chi connectivity index (χ1n) is 4.42. The van der Waals surface area contributed by atoms with E-state index < -0.39 is 0 Å². The molecule has 1 aromatic heterocycles. The lowest BCUT2D eigenvalue weighted by Crippen LogP contribution is -2.13. The lowest BCUT2D eigenvalue weighted by molar-refractivity contribution is 0.0971. The van der Waals surface area contributed by atoms with Crippen molar-refractivity contribution in [1.82, 2.24) is 15.0 Å². The molecule has 0 N–H and O–H groups in total. The summed E-state index contributed by atoms with van der Waals surface area (Å²) in [5, 5.41) is 7.48. The minimum Gasteiger partial charge on any atom is -0.293 e. The molecule has 0 bridgehead atoms. The van der Waals surface area contributed by atoms with Gasteiger partial charge in [-0.25, -0.2) is 4.68 Å². The Hall–Kier alpha value is -1.52. The molecule has 5 nitrogen and oxygen atoms in total. The number of hydrogen-bond donors (Lipinski definition) is 0. The number of rotatable bonds is 3. The normalized spacial score (nSPS) is 10.6. The molecule has 1 rings (SSSR count). The standard InChI is InChI=1S/C9H13N3O2/c1-5(2)12-9(7(4)14)8(6(3)13)10-11-12/h5H,1-4H3. The molecule has 0 fully saturated rings. The SMILES string of the molecule is CC(=O)c1nnn(C(C)C)c1C(C)=O. The average molecular weight is 195 g/mol. The van der Waals surface area contributed by atoms with Crippen LogP contribution in [0.1, 0.15) is 54.7 Å². The number of nitrogens with zero attached hydrogens (tertiary/aromatic N) is 3. The van der Waals surface area contributed by atoms with E-state index in [-0.39, 0.29) is 23.3 Å². The molecule has 0 amide bonds. The van der Waals surface area contributed by atoms with E-state index in [1.165, 1.54) is 18.5 Å². The largest absolute Gasteiger partial charge is 0.293 e. The molecule has 14 heavy (non-hydrogen) atoms. The maximum Gasteiger partial charge on any atom is 0.182 e. The highest BCUT2D eigenvalue weighted by atomic mass is 16.1. The molecular weight excluding hydrogens is 182 g/mol. The van der Waals surface area contributed by atoms with Crippen LogP contribution in [-0.2, 0) is 0 Å². The third-order valence-corrected chi connectivity index (χ3v) is 1.85. The molecule has 0 aliphatic heterocycles. The Bertz CT molecular complexity index is 379. The summed E-state index contributed by atoms with van der Waals surface area (Å²) in [7, 11) is 0. The lowest BCUT2D eigenvalue weighted by Gasteiger charge is -2.07. The molecule has 1 heterocycles. The summed E-state index contributed by atoms with van der Waals surface area (Å²) in [4.78, 5) is 22.4. The Labute approximate surface area is 82.1 Å². The molecule has 0 unspecified atom stereocenters. The van der Waals surface area contributed by atoms with Gasteiger partial charge in [-0.15, -0.1) is 5.10 Å². The van der Waals surface area contributed by atoms with Crippen molar-refractivity contribution in [3.63, 3.8) is 0 Å². The zero-order valence-corrected chi connectivity index (χ0v) is 8.74. The summed E-state index contributed by atoms with van der Waals surface area (Å²) in [6.45, 7) is 6.54. The van der Waals surface area contributed by atoms with Crippen LogP contribution < -0.4 is 0 Å². The van der Waals surface area contributed by atoms with Crippen LogP contribution in [0.5, 0.6) is 0 Å². The summed E-state index contributed by atoms with van der Waals surface area (Å²) in [5.41, 5.74) is 0.457. The number of hydrogen-bond acceptors (Lipinski definition) is 4. The second-order valence-corrected chi connectivity index (χ2v) is 3.44. The van der Waals surface area contributed by atoms with E-state index in [9.17, 15) is 9.59 Å². The third-order valence-electron chi connectivity index (χ3n) is 1.85. The van der Waals surface area contributed by atoms with Crippen molar-refractivity contribution in [1.29, 1.82) is 0 Å². The molecule has 5 heteroatoms. The predicted molar refractivity (Wildman–Crippen MR) is 50.4 cm³/mol. The van der Waals surface area contributed by atoms with E-state index in [0.29, 0.717) is 5.69 Å². The minimum absolute atomic E-state index is 0.0227. The highest BCUT2D eigenvalue weighted by Crippen LogP contribution is 2.12. The van der Waals surface area contributed by atoms with Crippen molar-refractivity contribution in [2.45, 2.75) is 33.7 Å². The van der Waals surface area contributed by atoms with E-state index in [0.717, 1.165) is 0 Å². The van der Waals surface area contributed by atoms with Gasteiger partial charge in [-0.3, -0.25) is 9.59 Å². The van der Waals surface area contributed by atoms with Gasteiger partial charge in [0, 0.05) is 19.9 Å². The quantitative estimate of drug-likeness (QED) is 0.681. The van der Waals surface area contributed by atoms with Gasteiger partial charge in [0.15, 0.2) is 17.3 Å². The summed E-state index contributed by atoms with van der Waals surface area (Å²) in [6.07, 6.45) is 0. The van der Waals surface area contributed by atoms with E-state index >= 15 is 0 Å². The molecule has 76 valence electrons. The highest BCUT2D eigenvalue weighted by Gasteiger charge is 2.21. The molecule has 0 radical (unpaired) electrons. The van der Waals surface area contributed by atoms with E-state index in [4.69, 9.17) is 0 Å². The second kappa shape index (κ2) is 3.69. The maximum atomic E-state index is 11.3. The summed E-state index contributed by atoms with van der Waals surface area (Å²) in [6, 6.07) is 0.0227. The molecule has 0 aliphatic rings. The minimum atomic E-state index is -0.234. The number of Topliss-reactive ketones (excluding diaryl/α,β-unsaturated/α-hetero) is 2. The van der Waals surface area contributed by atoms with Gasteiger partial charge in [0.2, 0.25) is 0 Å². The van der Waals surface area contributed by atoms with Crippen LogP contribution in [0, 0.1) is 0 Å². The fourth-order valence-electron chi connectivity index (χ4n) is 1.22. The average Bonchev–Trinajstić information content (AvgIpc) is 2.46. The van der Waals surface area contributed by atoms with Crippen molar-refractivity contribution >= 4 is 11.6 Å². The van der Waals surface area contributed by atoms with Crippen molar-refractivity contribution < 1.29 is 9.59 Å². The first-order valence-corrected chi connectivity index (χ1v) is 4.42. The highest BCUT2D eigenvalue weighted by molar-refractivity contribution is 6.04. The predicted octanol–water partition coefficient (Wildman–Crippen LogP) is 1.26. The van der Waals surface area contributed by atoms with E-state index in [1.807, 2.05) is 13.8 Å². The molecule has 0 aromatic carbocycles. The van der Waals surface area contributed by atoms with Crippen molar-refractivity contribution in [3.8, 4) is 0 Å². The fraction of sp³-hybridized carbons (Fsp3) is 0.556.